The van der Waals surface area contributed by atoms with E-state index in [9.17, 15) is 4.79 Å². The average Bonchev–Trinajstić information content (AvgIpc) is 3.14. The maximum absolute atomic E-state index is 12.3. The summed E-state index contributed by atoms with van der Waals surface area (Å²) in [6, 6.07) is 12.6. The predicted octanol–water partition coefficient (Wildman–Crippen LogP) is 4.01. The van der Waals surface area contributed by atoms with E-state index < -0.39 is 0 Å². The van der Waals surface area contributed by atoms with E-state index in [0.29, 0.717) is 22.0 Å². The maximum atomic E-state index is 12.3. The van der Waals surface area contributed by atoms with Crippen molar-refractivity contribution in [2.24, 2.45) is 0 Å². The summed E-state index contributed by atoms with van der Waals surface area (Å²) in [4.78, 5) is 16.4. The number of rotatable bonds is 6. The van der Waals surface area contributed by atoms with Crippen molar-refractivity contribution in [1.29, 1.82) is 0 Å². The number of hydrogen-bond acceptors (Lipinski definition) is 5. The molecule has 0 aliphatic rings. The first-order valence-electron chi connectivity index (χ1n) is 7.37. The fourth-order valence-corrected chi connectivity index (χ4v) is 3.10. The van der Waals surface area contributed by atoms with Crippen LogP contribution >= 0.6 is 23.4 Å². The zero-order chi connectivity index (χ0) is 17.6. The molecule has 1 heterocycles. The minimum Gasteiger partial charge on any atom is -0.495 e. The summed E-state index contributed by atoms with van der Waals surface area (Å²) in [6.07, 6.45) is 1.48. The van der Waals surface area contributed by atoms with Gasteiger partial charge in [-0.3, -0.25) is 9.89 Å². The largest absolute Gasteiger partial charge is 0.495 e. The van der Waals surface area contributed by atoms with Crippen molar-refractivity contribution in [3.63, 3.8) is 0 Å². The summed E-state index contributed by atoms with van der Waals surface area (Å²) in [5, 5.41) is 10.6. The van der Waals surface area contributed by atoms with Gasteiger partial charge in [0.25, 0.3) is 5.91 Å². The second kappa shape index (κ2) is 8.04. The van der Waals surface area contributed by atoms with E-state index in [2.05, 4.69) is 20.5 Å². The van der Waals surface area contributed by atoms with E-state index in [1.54, 1.807) is 30.0 Å². The van der Waals surface area contributed by atoms with Gasteiger partial charge >= 0.3 is 0 Å². The van der Waals surface area contributed by atoms with Crippen LogP contribution in [0.1, 0.15) is 15.9 Å². The number of thioether (sulfide) groups is 1. The van der Waals surface area contributed by atoms with Crippen LogP contribution in [0.2, 0.25) is 5.02 Å². The normalized spacial score (nSPS) is 10.5. The van der Waals surface area contributed by atoms with Crippen molar-refractivity contribution < 1.29 is 9.53 Å². The van der Waals surface area contributed by atoms with Gasteiger partial charge in [0.2, 0.25) is 0 Å². The predicted molar refractivity (Wildman–Crippen MR) is 98.3 cm³/mol. The molecule has 1 aromatic heterocycles. The van der Waals surface area contributed by atoms with Gasteiger partial charge in [-0.15, -0.1) is 0 Å². The third-order valence-corrected chi connectivity index (χ3v) is 4.64. The number of anilines is 1. The number of aromatic amines is 1. The molecule has 3 rings (SSSR count). The van der Waals surface area contributed by atoms with Gasteiger partial charge in [-0.1, -0.05) is 35.5 Å². The summed E-state index contributed by atoms with van der Waals surface area (Å²) in [5.41, 5.74) is 2.30. The first-order chi connectivity index (χ1) is 12.2. The molecule has 8 heteroatoms. The van der Waals surface area contributed by atoms with E-state index in [1.807, 2.05) is 24.3 Å². The molecule has 0 saturated heterocycles. The van der Waals surface area contributed by atoms with Gasteiger partial charge in [-0.25, -0.2) is 4.98 Å². The standard InChI is InChI=1S/C17H15ClN4O2S/c1-24-15-7-4-12(8-14(15)18)16(23)21-13-5-2-11(3-6-13)9-25-17-19-10-20-22-17/h2-8,10H,9H2,1H3,(H,21,23)(H,19,20,22). The highest BCUT2D eigenvalue weighted by Crippen LogP contribution is 2.25. The molecule has 25 heavy (non-hydrogen) atoms. The molecule has 0 atom stereocenters. The van der Waals surface area contributed by atoms with Crippen LogP contribution < -0.4 is 10.1 Å². The van der Waals surface area contributed by atoms with E-state index in [0.717, 1.165) is 16.5 Å². The molecule has 0 aliphatic carbocycles. The number of halogens is 1. The minimum atomic E-state index is -0.228. The Labute approximate surface area is 154 Å². The molecular formula is C17H15ClN4O2S. The Kier molecular flexibility index (Phi) is 5.57. The first kappa shape index (κ1) is 17.3. The van der Waals surface area contributed by atoms with Gasteiger partial charge in [0.05, 0.1) is 12.1 Å². The third-order valence-electron chi connectivity index (χ3n) is 3.39. The van der Waals surface area contributed by atoms with Crippen LogP contribution in [0.5, 0.6) is 5.75 Å². The van der Waals surface area contributed by atoms with Crippen LogP contribution in [-0.2, 0) is 5.75 Å². The van der Waals surface area contributed by atoms with Gasteiger partial charge in [0.15, 0.2) is 5.16 Å². The molecule has 0 aliphatic heterocycles. The molecule has 2 N–H and O–H groups in total. The quantitative estimate of drug-likeness (QED) is 0.637. The van der Waals surface area contributed by atoms with Crippen LogP contribution in [0, 0.1) is 0 Å². The Hall–Kier alpha value is -2.51. The summed E-state index contributed by atoms with van der Waals surface area (Å²) in [7, 11) is 1.53. The van der Waals surface area contributed by atoms with E-state index in [1.165, 1.54) is 13.4 Å². The van der Waals surface area contributed by atoms with Crippen molar-refractivity contribution in [1.82, 2.24) is 15.2 Å². The van der Waals surface area contributed by atoms with E-state index in [4.69, 9.17) is 16.3 Å². The lowest BCUT2D eigenvalue weighted by Gasteiger charge is -2.08. The first-order valence-corrected chi connectivity index (χ1v) is 8.74. The van der Waals surface area contributed by atoms with E-state index in [-0.39, 0.29) is 5.91 Å². The van der Waals surface area contributed by atoms with Crippen LogP contribution in [0.25, 0.3) is 0 Å². The highest BCUT2D eigenvalue weighted by molar-refractivity contribution is 7.98. The zero-order valence-electron chi connectivity index (χ0n) is 13.3. The van der Waals surface area contributed by atoms with Crippen LogP contribution in [-0.4, -0.2) is 28.2 Å². The number of benzene rings is 2. The number of H-pyrrole nitrogens is 1. The molecule has 0 saturated carbocycles. The Morgan fingerprint density at radius 2 is 2.08 bits per heavy atom. The number of nitrogens with one attached hydrogen (secondary N) is 2. The van der Waals surface area contributed by atoms with Crippen LogP contribution in [0.3, 0.4) is 0 Å². The molecule has 0 unspecified atom stereocenters. The third kappa shape index (κ3) is 4.52. The maximum Gasteiger partial charge on any atom is 0.255 e. The SMILES string of the molecule is COc1ccc(C(=O)Nc2ccc(CSc3ncn[nH]3)cc2)cc1Cl. The van der Waals surface area contributed by atoms with Crippen molar-refractivity contribution in [3.05, 3.63) is 64.9 Å². The number of ether oxygens (including phenoxy) is 1. The Morgan fingerprint density at radius 1 is 1.28 bits per heavy atom. The monoisotopic (exact) mass is 374 g/mol. The number of nitrogens with zero attached hydrogens (tertiary/aromatic N) is 2. The van der Waals surface area contributed by atoms with Crippen molar-refractivity contribution in [2.75, 3.05) is 12.4 Å². The number of aromatic nitrogens is 3. The van der Waals surface area contributed by atoms with Gasteiger partial charge in [-0.2, -0.15) is 5.10 Å². The number of hydrogen-bond donors (Lipinski definition) is 2. The van der Waals surface area contributed by atoms with Crippen LogP contribution in [0.4, 0.5) is 5.69 Å². The minimum absolute atomic E-state index is 0.228. The number of carbonyl (C=O) groups excluding carboxylic acids is 1. The lowest BCUT2D eigenvalue weighted by atomic mass is 10.2. The number of methoxy groups -OCH3 is 1. The second-order valence-corrected chi connectivity index (χ2v) is 6.45. The number of amides is 1. The van der Waals surface area contributed by atoms with E-state index >= 15 is 0 Å². The molecular weight excluding hydrogens is 360 g/mol. The molecule has 3 aromatic rings. The number of carbonyl (C=O) groups is 1. The summed E-state index contributed by atoms with van der Waals surface area (Å²) >= 11 is 7.61. The molecule has 0 radical (unpaired) electrons. The molecule has 128 valence electrons. The van der Waals surface area contributed by atoms with Crippen molar-refractivity contribution in [3.8, 4) is 5.75 Å². The molecule has 0 spiro atoms. The van der Waals surface area contributed by atoms with Gasteiger partial charge in [-0.05, 0) is 35.9 Å². The molecule has 0 bridgehead atoms. The molecule has 2 aromatic carbocycles. The fourth-order valence-electron chi connectivity index (χ4n) is 2.11. The topological polar surface area (TPSA) is 79.9 Å². The molecule has 0 fully saturated rings. The van der Waals surface area contributed by atoms with Gasteiger partial charge in [0, 0.05) is 17.0 Å². The summed E-state index contributed by atoms with van der Waals surface area (Å²) in [6.45, 7) is 0. The van der Waals surface area contributed by atoms with Gasteiger partial charge < -0.3 is 10.1 Å². The van der Waals surface area contributed by atoms with Crippen molar-refractivity contribution in [2.45, 2.75) is 10.9 Å². The highest BCUT2D eigenvalue weighted by Gasteiger charge is 2.09. The highest BCUT2D eigenvalue weighted by atomic mass is 35.5. The van der Waals surface area contributed by atoms with Crippen molar-refractivity contribution >= 4 is 35.0 Å². The average molecular weight is 375 g/mol. The Bertz CT molecular complexity index is 854. The zero-order valence-corrected chi connectivity index (χ0v) is 14.9. The second-order valence-electron chi connectivity index (χ2n) is 5.08. The summed E-state index contributed by atoms with van der Waals surface area (Å²) < 4.78 is 5.08. The lowest BCUT2D eigenvalue weighted by Crippen LogP contribution is -2.11. The summed E-state index contributed by atoms with van der Waals surface area (Å²) in [5.74, 6) is 1.07. The van der Waals surface area contributed by atoms with Crippen LogP contribution in [0.15, 0.2) is 53.9 Å². The molecule has 1 amide bonds. The van der Waals surface area contributed by atoms with Gasteiger partial charge in [0.1, 0.15) is 12.1 Å². The smallest absolute Gasteiger partial charge is 0.255 e. The Balaban J connectivity index is 1.60. The lowest BCUT2D eigenvalue weighted by molar-refractivity contribution is 0.102. The fraction of sp³-hybridized carbons (Fsp3) is 0.118. The Morgan fingerprint density at radius 3 is 2.72 bits per heavy atom. The molecule has 6 nitrogen and oxygen atoms in total.